The number of nitrogens with one attached hydrogen (secondary N) is 1. The summed E-state index contributed by atoms with van der Waals surface area (Å²) in [4.78, 5) is 25.8. The summed E-state index contributed by atoms with van der Waals surface area (Å²) in [6.07, 6.45) is 1.68. The van der Waals surface area contributed by atoms with E-state index in [-0.39, 0.29) is 17.7 Å². The molecule has 1 aromatic heterocycles. The minimum atomic E-state index is -3.90. The first-order chi connectivity index (χ1) is 13.0. The fourth-order valence-corrected chi connectivity index (χ4v) is 5.98. The lowest BCUT2D eigenvalue weighted by Gasteiger charge is -2.26. The number of carbonyl (C=O) groups excluding carboxylic acids is 2. The summed E-state index contributed by atoms with van der Waals surface area (Å²) in [7, 11) is -3.90. The van der Waals surface area contributed by atoms with E-state index in [9.17, 15) is 18.0 Å². The maximum atomic E-state index is 13.1. The van der Waals surface area contributed by atoms with Crippen LogP contribution in [0, 0.1) is 0 Å². The standard InChI is InChI=1S/C19H21NO5S2/c21-17(20-13-15-7-6-12-26-15)14-25-18(22)19(10-4-5-11-19)27(23,24)16-8-2-1-3-9-16/h1-3,6-9,12H,4-5,10-11,13-14H2,(H,20,21). The van der Waals surface area contributed by atoms with Crippen molar-refractivity contribution in [2.24, 2.45) is 0 Å². The van der Waals surface area contributed by atoms with Crippen molar-refractivity contribution in [3.05, 3.63) is 52.7 Å². The Morgan fingerprint density at radius 3 is 2.41 bits per heavy atom. The van der Waals surface area contributed by atoms with Crippen molar-refractivity contribution in [1.29, 1.82) is 0 Å². The summed E-state index contributed by atoms with van der Waals surface area (Å²) >= 11 is 1.51. The van der Waals surface area contributed by atoms with Crippen LogP contribution in [0.15, 0.2) is 52.7 Å². The lowest BCUT2D eigenvalue weighted by molar-refractivity contribution is -0.151. The van der Waals surface area contributed by atoms with Gasteiger partial charge in [-0.2, -0.15) is 0 Å². The second kappa shape index (κ2) is 8.22. The molecule has 0 radical (unpaired) electrons. The normalized spacial score (nSPS) is 16.0. The van der Waals surface area contributed by atoms with E-state index in [0.29, 0.717) is 19.4 Å². The molecule has 144 valence electrons. The largest absolute Gasteiger partial charge is 0.454 e. The highest BCUT2D eigenvalue weighted by molar-refractivity contribution is 7.93. The molecule has 0 atom stereocenters. The summed E-state index contributed by atoms with van der Waals surface area (Å²) in [5, 5.41) is 4.56. The molecule has 1 saturated carbocycles. The van der Waals surface area contributed by atoms with Crippen LogP contribution in [0.3, 0.4) is 0 Å². The third kappa shape index (κ3) is 4.06. The molecule has 0 aliphatic heterocycles. The first kappa shape index (κ1) is 19.6. The van der Waals surface area contributed by atoms with Gasteiger partial charge in [0.2, 0.25) is 0 Å². The zero-order chi connectivity index (χ0) is 19.3. The minimum absolute atomic E-state index is 0.103. The monoisotopic (exact) mass is 407 g/mol. The van der Waals surface area contributed by atoms with Crippen LogP contribution >= 0.6 is 11.3 Å². The van der Waals surface area contributed by atoms with Crippen molar-refractivity contribution in [1.82, 2.24) is 5.32 Å². The highest BCUT2D eigenvalue weighted by Crippen LogP contribution is 2.41. The molecule has 1 aromatic carbocycles. The van der Waals surface area contributed by atoms with Crippen LogP contribution in [0.5, 0.6) is 0 Å². The van der Waals surface area contributed by atoms with Gasteiger partial charge in [-0.3, -0.25) is 9.59 Å². The molecule has 8 heteroatoms. The van der Waals surface area contributed by atoms with E-state index in [0.717, 1.165) is 4.88 Å². The third-order valence-corrected chi connectivity index (χ3v) is 8.10. The second-order valence-corrected chi connectivity index (χ2v) is 9.74. The molecule has 1 aliphatic rings. The number of rotatable bonds is 7. The Balaban J connectivity index is 1.67. The number of hydrogen-bond donors (Lipinski definition) is 1. The molecule has 6 nitrogen and oxygen atoms in total. The van der Waals surface area contributed by atoms with Crippen molar-refractivity contribution >= 4 is 33.1 Å². The maximum Gasteiger partial charge on any atom is 0.328 e. The van der Waals surface area contributed by atoms with Crippen LogP contribution in [-0.2, 0) is 30.7 Å². The van der Waals surface area contributed by atoms with Crippen LogP contribution in [-0.4, -0.2) is 31.6 Å². The molecule has 0 spiro atoms. The highest BCUT2D eigenvalue weighted by atomic mass is 32.2. The first-order valence-electron chi connectivity index (χ1n) is 8.72. The Morgan fingerprint density at radius 1 is 1.07 bits per heavy atom. The molecule has 2 aromatic rings. The Hall–Kier alpha value is -2.19. The van der Waals surface area contributed by atoms with Crippen LogP contribution in [0.1, 0.15) is 30.6 Å². The molecular formula is C19H21NO5S2. The van der Waals surface area contributed by atoms with Gasteiger partial charge >= 0.3 is 5.97 Å². The van der Waals surface area contributed by atoms with E-state index in [2.05, 4.69) is 5.32 Å². The highest BCUT2D eigenvalue weighted by Gasteiger charge is 2.54. The predicted molar refractivity (Wildman–Crippen MR) is 102 cm³/mol. The van der Waals surface area contributed by atoms with Gasteiger partial charge in [-0.05, 0) is 36.4 Å². The predicted octanol–water partition coefficient (Wildman–Crippen LogP) is 2.69. The number of carbonyl (C=O) groups is 2. The summed E-state index contributed by atoms with van der Waals surface area (Å²) in [5.41, 5.74) is 0. The smallest absolute Gasteiger partial charge is 0.328 e. The third-order valence-electron chi connectivity index (χ3n) is 4.73. The van der Waals surface area contributed by atoms with Crippen LogP contribution in [0.2, 0.25) is 0 Å². The average Bonchev–Trinajstić information content (AvgIpc) is 3.37. The summed E-state index contributed by atoms with van der Waals surface area (Å²) in [6.45, 7) is -0.141. The number of ether oxygens (including phenoxy) is 1. The van der Waals surface area contributed by atoms with E-state index in [1.54, 1.807) is 18.2 Å². The molecule has 1 heterocycles. The van der Waals surface area contributed by atoms with Crippen LogP contribution in [0.25, 0.3) is 0 Å². The van der Waals surface area contributed by atoms with E-state index in [1.807, 2.05) is 17.5 Å². The maximum absolute atomic E-state index is 13.1. The van der Waals surface area contributed by atoms with Crippen molar-refractivity contribution in [3.63, 3.8) is 0 Å². The van der Waals surface area contributed by atoms with E-state index in [1.165, 1.54) is 23.5 Å². The van der Waals surface area contributed by atoms with Gasteiger partial charge in [0.1, 0.15) is 0 Å². The van der Waals surface area contributed by atoms with Gasteiger partial charge in [-0.25, -0.2) is 8.42 Å². The van der Waals surface area contributed by atoms with Crippen LogP contribution in [0.4, 0.5) is 0 Å². The lowest BCUT2D eigenvalue weighted by Crippen LogP contribution is -2.46. The van der Waals surface area contributed by atoms with Gasteiger partial charge in [0.25, 0.3) is 5.91 Å². The number of amides is 1. The summed E-state index contributed by atoms with van der Waals surface area (Å²) in [6, 6.07) is 11.7. The van der Waals surface area contributed by atoms with E-state index >= 15 is 0 Å². The fraction of sp³-hybridized carbons (Fsp3) is 0.368. The molecule has 27 heavy (non-hydrogen) atoms. The number of sulfone groups is 1. The SMILES string of the molecule is O=C(COC(=O)C1(S(=O)(=O)c2ccccc2)CCCC1)NCc1cccs1. The molecular weight excluding hydrogens is 386 g/mol. The van der Waals surface area contributed by atoms with Gasteiger partial charge in [0, 0.05) is 4.88 Å². The minimum Gasteiger partial charge on any atom is -0.454 e. The quantitative estimate of drug-likeness (QED) is 0.713. The lowest BCUT2D eigenvalue weighted by atomic mass is 10.1. The first-order valence-corrected chi connectivity index (χ1v) is 11.1. The van der Waals surface area contributed by atoms with E-state index in [4.69, 9.17) is 4.74 Å². The number of hydrogen-bond acceptors (Lipinski definition) is 6. The van der Waals surface area contributed by atoms with Crippen molar-refractivity contribution in [2.45, 2.75) is 41.9 Å². The van der Waals surface area contributed by atoms with Gasteiger partial charge < -0.3 is 10.1 Å². The number of benzene rings is 1. The summed E-state index contributed by atoms with van der Waals surface area (Å²) < 4.78 is 29.8. The van der Waals surface area contributed by atoms with Crippen molar-refractivity contribution in [3.8, 4) is 0 Å². The Bertz CT molecular complexity index is 885. The molecule has 0 unspecified atom stereocenters. The fourth-order valence-electron chi connectivity index (χ4n) is 3.27. The van der Waals surface area contributed by atoms with Gasteiger partial charge in [-0.15, -0.1) is 11.3 Å². The Kier molecular flexibility index (Phi) is 5.96. The molecule has 1 amide bonds. The van der Waals surface area contributed by atoms with Gasteiger partial charge in [0.15, 0.2) is 21.2 Å². The Labute approximate surface area is 162 Å². The Morgan fingerprint density at radius 2 is 1.78 bits per heavy atom. The second-order valence-electron chi connectivity index (χ2n) is 6.45. The summed E-state index contributed by atoms with van der Waals surface area (Å²) in [5.74, 6) is -1.29. The molecule has 0 bridgehead atoms. The van der Waals surface area contributed by atoms with E-state index < -0.39 is 33.1 Å². The zero-order valence-electron chi connectivity index (χ0n) is 14.7. The van der Waals surface area contributed by atoms with Crippen molar-refractivity contribution < 1.29 is 22.7 Å². The zero-order valence-corrected chi connectivity index (χ0v) is 16.4. The van der Waals surface area contributed by atoms with Crippen LogP contribution < -0.4 is 5.32 Å². The van der Waals surface area contributed by atoms with Gasteiger partial charge in [-0.1, -0.05) is 37.1 Å². The van der Waals surface area contributed by atoms with Crippen molar-refractivity contribution in [2.75, 3.05) is 6.61 Å². The molecule has 0 saturated heterocycles. The molecule has 3 rings (SSSR count). The van der Waals surface area contributed by atoms with Gasteiger partial charge in [0.05, 0.1) is 11.4 Å². The topological polar surface area (TPSA) is 89.5 Å². The molecule has 1 fully saturated rings. The average molecular weight is 408 g/mol. The number of thiophene rings is 1. The number of esters is 1. The molecule has 1 aliphatic carbocycles. The molecule has 1 N–H and O–H groups in total.